The Labute approximate surface area is 187 Å². The van der Waals surface area contributed by atoms with E-state index in [9.17, 15) is 14.4 Å². The summed E-state index contributed by atoms with van der Waals surface area (Å²) in [5, 5.41) is 3.49. The van der Waals surface area contributed by atoms with Crippen molar-refractivity contribution in [2.75, 3.05) is 23.7 Å². The molecule has 1 aromatic heterocycles. The molecule has 4 N–H and O–H groups in total. The number of amides is 1. The predicted molar refractivity (Wildman–Crippen MR) is 126 cm³/mol. The molecule has 2 rings (SSSR count). The Kier molecular flexibility index (Phi) is 8.74. The van der Waals surface area contributed by atoms with Gasteiger partial charge in [0.25, 0.3) is 5.56 Å². The average molecular weight is 450 g/mol. The molecule has 9 heteroatoms. The second kappa shape index (κ2) is 11.0. The van der Waals surface area contributed by atoms with Crippen LogP contribution in [0.4, 0.5) is 11.5 Å². The van der Waals surface area contributed by atoms with Gasteiger partial charge in [0.2, 0.25) is 5.91 Å². The molecule has 8 nitrogen and oxygen atoms in total. The van der Waals surface area contributed by atoms with E-state index in [0.29, 0.717) is 18.1 Å². The van der Waals surface area contributed by atoms with Crippen molar-refractivity contribution in [3.05, 3.63) is 55.7 Å². The SMILES string of the molecule is CCCCn1c(N)c(N(CC(=O)NC(C)c2ccccc2Cl)CC(C)C)c(=O)[nH]c1=O. The molecule has 1 unspecified atom stereocenters. The number of rotatable bonds is 10. The summed E-state index contributed by atoms with van der Waals surface area (Å²) in [4.78, 5) is 41.7. The predicted octanol–water partition coefficient (Wildman–Crippen LogP) is 2.91. The summed E-state index contributed by atoms with van der Waals surface area (Å²) in [6, 6.07) is 6.99. The van der Waals surface area contributed by atoms with Gasteiger partial charge in [-0.2, -0.15) is 0 Å². The van der Waals surface area contributed by atoms with Crippen molar-refractivity contribution in [2.24, 2.45) is 5.92 Å². The van der Waals surface area contributed by atoms with Crippen molar-refractivity contribution < 1.29 is 4.79 Å². The second-order valence-corrected chi connectivity index (χ2v) is 8.49. The number of nitrogens with one attached hydrogen (secondary N) is 2. The van der Waals surface area contributed by atoms with Gasteiger partial charge in [-0.15, -0.1) is 0 Å². The number of carbonyl (C=O) groups excluding carboxylic acids is 1. The van der Waals surface area contributed by atoms with Crippen molar-refractivity contribution in [3.8, 4) is 0 Å². The van der Waals surface area contributed by atoms with Crippen LogP contribution in [0, 0.1) is 5.92 Å². The van der Waals surface area contributed by atoms with Crippen molar-refractivity contribution >= 4 is 29.0 Å². The molecule has 0 aliphatic heterocycles. The average Bonchev–Trinajstić information content (AvgIpc) is 2.67. The van der Waals surface area contributed by atoms with Crippen LogP contribution < -0.4 is 27.2 Å². The number of carbonyl (C=O) groups is 1. The number of H-pyrrole nitrogens is 1. The van der Waals surface area contributed by atoms with Crippen LogP contribution in [0.2, 0.25) is 5.02 Å². The van der Waals surface area contributed by atoms with Gasteiger partial charge in [-0.25, -0.2) is 4.79 Å². The van der Waals surface area contributed by atoms with E-state index in [1.54, 1.807) is 11.0 Å². The molecule has 0 aliphatic rings. The minimum Gasteiger partial charge on any atom is -0.383 e. The van der Waals surface area contributed by atoms with Crippen LogP contribution in [-0.2, 0) is 11.3 Å². The molecule has 2 aromatic rings. The molecule has 31 heavy (non-hydrogen) atoms. The summed E-state index contributed by atoms with van der Waals surface area (Å²) in [6.45, 7) is 8.56. The number of hydrogen-bond acceptors (Lipinski definition) is 5. The molecule has 1 aromatic carbocycles. The van der Waals surface area contributed by atoms with E-state index < -0.39 is 11.2 Å². The molecule has 1 heterocycles. The maximum absolute atomic E-state index is 12.8. The summed E-state index contributed by atoms with van der Waals surface area (Å²) in [7, 11) is 0. The summed E-state index contributed by atoms with van der Waals surface area (Å²) in [5.41, 5.74) is 6.05. The van der Waals surface area contributed by atoms with Gasteiger partial charge in [0, 0.05) is 18.1 Å². The number of benzene rings is 1. The lowest BCUT2D eigenvalue weighted by Crippen LogP contribution is -2.44. The van der Waals surface area contributed by atoms with Crippen LogP contribution in [-0.4, -0.2) is 28.5 Å². The molecule has 1 atom stereocenters. The second-order valence-electron chi connectivity index (χ2n) is 8.08. The lowest BCUT2D eigenvalue weighted by Gasteiger charge is -2.28. The van der Waals surface area contributed by atoms with Crippen LogP contribution in [0.5, 0.6) is 0 Å². The van der Waals surface area contributed by atoms with Gasteiger partial charge in [-0.3, -0.25) is 19.1 Å². The summed E-state index contributed by atoms with van der Waals surface area (Å²) in [6.07, 6.45) is 1.62. The molecule has 0 saturated heterocycles. The van der Waals surface area contributed by atoms with E-state index in [2.05, 4.69) is 10.3 Å². The van der Waals surface area contributed by atoms with Gasteiger partial charge >= 0.3 is 5.69 Å². The zero-order chi connectivity index (χ0) is 23.1. The molecule has 0 radical (unpaired) electrons. The monoisotopic (exact) mass is 449 g/mol. The van der Waals surface area contributed by atoms with Crippen LogP contribution in [0.1, 0.15) is 52.1 Å². The van der Waals surface area contributed by atoms with Crippen LogP contribution in [0.3, 0.4) is 0 Å². The topological polar surface area (TPSA) is 113 Å². The quantitative estimate of drug-likeness (QED) is 0.516. The molecule has 0 spiro atoms. The molecule has 0 bridgehead atoms. The van der Waals surface area contributed by atoms with E-state index in [1.165, 1.54) is 4.57 Å². The van der Waals surface area contributed by atoms with Crippen molar-refractivity contribution in [1.82, 2.24) is 14.9 Å². The smallest absolute Gasteiger partial charge is 0.330 e. The maximum Gasteiger partial charge on any atom is 0.330 e. The molecule has 170 valence electrons. The first kappa shape index (κ1) is 24.5. The Bertz CT molecular complexity index is 1010. The summed E-state index contributed by atoms with van der Waals surface area (Å²) < 4.78 is 1.36. The van der Waals surface area contributed by atoms with Gasteiger partial charge in [-0.1, -0.05) is 57.0 Å². The third-order valence-corrected chi connectivity index (χ3v) is 5.28. The normalized spacial score (nSPS) is 12.1. The number of halogens is 1. The van der Waals surface area contributed by atoms with E-state index >= 15 is 0 Å². The molecule has 0 aliphatic carbocycles. The lowest BCUT2D eigenvalue weighted by atomic mass is 10.1. The highest BCUT2D eigenvalue weighted by atomic mass is 35.5. The fourth-order valence-corrected chi connectivity index (χ4v) is 3.76. The Morgan fingerprint density at radius 1 is 1.26 bits per heavy atom. The van der Waals surface area contributed by atoms with Gasteiger partial charge in [0.15, 0.2) is 0 Å². The van der Waals surface area contributed by atoms with E-state index in [-0.39, 0.29) is 35.9 Å². The van der Waals surface area contributed by atoms with Gasteiger partial charge in [0.1, 0.15) is 11.5 Å². The first-order chi connectivity index (χ1) is 14.6. The molecular formula is C22H32ClN5O3. The van der Waals surface area contributed by atoms with Gasteiger partial charge in [0.05, 0.1) is 12.6 Å². The zero-order valence-corrected chi connectivity index (χ0v) is 19.3. The summed E-state index contributed by atoms with van der Waals surface area (Å²) >= 11 is 6.23. The highest BCUT2D eigenvalue weighted by molar-refractivity contribution is 6.31. The Hall–Kier alpha value is -2.74. The Balaban J connectivity index is 2.32. The molecule has 0 fully saturated rings. The van der Waals surface area contributed by atoms with Crippen molar-refractivity contribution in [3.63, 3.8) is 0 Å². The number of anilines is 2. The van der Waals surface area contributed by atoms with Gasteiger partial charge in [-0.05, 0) is 30.9 Å². The maximum atomic E-state index is 12.8. The Morgan fingerprint density at radius 2 is 1.94 bits per heavy atom. The van der Waals surface area contributed by atoms with Crippen molar-refractivity contribution in [2.45, 2.75) is 53.1 Å². The first-order valence-corrected chi connectivity index (χ1v) is 10.9. The van der Waals surface area contributed by atoms with Crippen LogP contribution >= 0.6 is 11.6 Å². The Morgan fingerprint density at radius 3 is 2.55 bits per heavy atom. The van der Waals surface area contributed by atoms with E-state index in [1.807, 2.05) is 45.9 Å². The zero-order valence-electron chi connectivity index (χ0n) is 18.6. The molecule has 0 saturated carbocycles. The number of unbranched alkanes of at least 4 members (excludes halogenated alkanes) is 1. The number of aromatic amines is 1. The van der Waals surface area contributed by atoms with Crippen LogP contribution in [0.15, 0.2) is 33.9 Å². The lowest BCUT2D eigenvalue weighted by molar-refractivity contribution is -0.120. The number of aromatic nitrogens is 2. The largest absolute Gasteiger partial charge is 0.383 e. The first-order valence-electron chi connectivity index (χ1n) is 10.6. The fourth-order valence-electron chi connectivity index (χ4n) is 3.46. The number of nitrogen functional groups attached to an aromatic ring is 1. The fraction of sp³-hybridized carbons (Fsp3) is 0.500. The minimum absolute atomic E-state index is 0.0771. The number of hydrogen-bond donors (Lipinski definition) is 3. The molecule has 1 amide bonds. The summed E-state index contributed by atoms with van der Waals surface area (Å²) in [5.74, 6) is -0.0448. The van der Waals surface area contributed by atoms with E-state index in [0.717, 1.165) is 18.4 Å². The van der Waals surface area contributed by atoms with E-state index in [4.69, 9.17) is 17.3 Å². The third kappa shape index (κ3) is 6.37. The number of nitrogens with two attached hydrogens (primary N) is 1. The van der Waals surface area contributed by atoms with Crippen LogP contribution in [0.25, 0.3) is 0 Å². The standard InChI is InChI=1S/C22H32ClN5O3/c1-5-6-11-28-20(24)19(21(30)26-22(28)31)27(12-14(2)3)13-18(29)25-15(4)16-9-7-8-10-17(16)23/h7-10,14-15H,5-6,11-13,24H2,1-4H3,(H,25,29)(H,26,30,31). The van der Waals surface area contributed by atoms with Crippen molar-refractivity contribution in [1.29, 1.82) is 0 Å². The third-order valence-electron chi connectivity index (χ3n) is 4.93. The van der Waals surface area contributed by atoms with Gasteiger partial charge < -0.3 is 16.0 Å². The highest BCUT2D eigenvalue weighted by Gasteiger charge is 2.23. The highest BCUT2D eigenvalue weighted by Crippen LogP contribution is 2.23. The minimum atomic E-state index is -0.595. The number of nitrogens with zero attached hydrogens (tertiary/aromatic N) is 2. The molecular weight excluding hydrogens is 418 g/mol.